The maximum atomic E-state index is 13.0. The van der Waals surface area contributed by atoms with Crippen LogP contribution >= 0.6 is 15.6 Å². The van der Waals surface area contributed by atoms with Crippen molar-refractivity contribution in [2.24, 2.45) is 17.8 Å². The molecule has 0 aliphatic rings. The molecule has 0 bridgehead atoms. The van der Waals surface area contributed by atoms with E-state index in [1.807, 2.05) is 0 Å². The zero-order chi connectivity index (χ0) is 67.3. The topological polar surface area (TPSA) is 237 Å². The number of carbonyl (C=O) groups excluding carboxylic acids is 4. The number of rotatable bonds is 70. The normalized spacial score (nSPS) is 14.8. The van der Waals surface area contributed by atoms with Crippen LogP contribution in [0.1, 0.15) is 363 Å². The van der Waals surface area contributed by atoms with Crippen molar-refractivity contribution in [3.63, 3.8) is 0 Å². The van der Waals surface area contributed by atoms with Gasteiger partial charge < -0.3 is 33.8 Å². The zero-order valence-corrected chi connectivity index (χ0v) is 61.1. The van der Waals surface area contributed by atoms with Crippen LogP contribution in [0.2, 0.25) is 0 Å². The fraction of sp³-hybridized carbons (Fsp3) is 0.944. The van der Waals surface area contributed by atoms with Crippen molar-refractivity contribution in [3.8, 4) is 0 Å². The van der Waals surface area contributed by atoms with Crippen molar-refractivity contribution in [2.75, 3.05) is 39.6 Å². The van der Waals surface area contributed by atoms with E-state index >= 15 is 0 Å². The van der Waals surface area contributed by atoms with Crippen LogP contribution in [0.15, 0.2) is 0 Å². The number of aliphatic hydroxyl groups is 1. The van der Waals surface area contributed by atoms with Gasteiger partial charge in [-0.05, 0) is 43.4 Å². The Kier molecular flexibility index (Phi) is 61.5. The van der Waals surface area contributed by atoms with Gasteiger partial charge in [-0.3, -0.25) is 37.3 Å². The molecular formula is C72H140O17P2. The first-order chi connectivity index (χ1) is 43.8. The smallest absolute Gasteiger partial charge is 0.462 e. The van der Waals surface area contributed by atoms with Gasteiger partial charge in [0, 0.05) is 25.7 Å². The van der Waals surface area contributed by atoms with Gasteiger partial charge in [0.2, 0.25) is 0 Å². The highest BCUT2D eigenvalue weighted by molar-refractivity contribution is 7.47. The molecule has 0 fully saturated rings. The molecule has 0 aliphatic heterocycles. The number of hydrogen-bond donors (Lipinski definition) is 3. The monoisotopic (exact) mass is 1340 g/mol. The van der Waals surface area contributed by atoms with Crippen molar-refractivity contribution in [3.05, 3.63) is 0 Å². The van der Waals surface area contributed by atoms with Crippen LogP contribution in [-0.2, 0) is 65.4 Å². The first-order valence-electron chi connectivity index (χ1n) is 37.4. The van der Waals surface area contributed by atoms with E-state index in [1.165, 1.54) is 167 Å². The summed E-state index contributed by atoms with van der Waals surface area (Å²) in [5.41, 5.74) is 0. The SMILES string of the molecule is CCCCCCCCCCC(=O)OC[C@H](COP(=O)(O)OC[C@H](O)COP(=O)(O)OC[C@@H](COC(=O)CCCCCCCCCCCCC(C)CC)OC(=O)CCCCCCCCCCCCCCCCCCC(C)C)OC(=O)CCCCCCCCC(C)CC. The minimum Gasteiger partial charge on any atom is -0.462 e. The molecule has 3 N–H and O–H groups in total. The van der Waals surface area contributed by atoms with Gasteiger partial charge in [-0.1, -0.05) is 312 Å². The number of esters is 4. The summed E-state index contributed by atoms with van der Waals surface area (Å²) >= 11 is 0. The third-order valence-electron chi connectivity index (χ3n) is 17.4. The summed E-state index contributed by atoms with van der Waals surface area (Å²) < 4.78 is 68.3. The Morgan fingerprint density at radius 3 is 0.835 bits per heavy atom. The molecule has 4 unspecified atom stereocenters. The average Bonchev–Trinajstić information content (AvgIpc) is 3.74. The highest BCUT2D eigenvalue weighted by Gasteiger charge is 2.30. The summed E-state index contributed by atoms with van der Waals surface area (Å²) in [6, 6.07) is 0. The molecule has 0 heterocycles. The molecule has 0 rings (SSSR count). The Hall–Kier alpha value is -1.94. The van der Waals surface area contributed by atoms with Crippen molar-refractivity contribution in [1.82, 2.24) is 0 Å². The van der Waals surface area contributed by atoms with Crippen molar-refractivity contribution in [1.29, 1.82) is 0 Å². The quantitative estimate of drug-likeness (QED) is 0.0222. The second-order valence-electron chi connectivity index (χ2n) is 26.9. The number of unbranched alkanes of at least 4 members (excludes halogenated alkanes) is 36. The molecule has 0 aromatic carbocycles. The highest BCUT2D eigenvalue weighted by atomic mass is 31.2. The average molecular weight is 1340 g/mol. The molecule has 7 atom stereocenters. The van der Waals surface area contributed by atoms with Crippen LogP contribution in [0.4, 0.5) is 0 Å². The molecule has 0 saturated heterocycles. The maximum Gasteiger partial charge on any atom is 0.472 e. The van der Waals surface area contributed by atoms with Crippen molar-refractivity contribution < 1.29 is 80.2 Å². The minimum atomic E-state index is -4.95. The molecule has 0 spiro atoms. The minimum absolute atomic E-state index is 0.103. The number of aliphatic hydroxyl groups excluding tert-OH is 1. The summed E-state index contributed by atoms with van der Waals surface area (Å²) in [5, 5.41) is 10.6. The Balaban J connectivity index is 5.21. The lowest BCUT2D eigenvalue weighted by atomic mass is 9.99. The molecule has 19 heteroatoms. The van der Waals surface area contributed by atoms with Gasteiger partial charge in [0.25, 0.3) is 0 Å². The van der Waals surface area contributed by atoms with E-state index in [-0.39, 0.29) is 25.7 Å². The standard InChI is InChI=1S/C72H140O17P2/c1-8-11-12-13-14-31-39-46-53-69(74)82-60-68(89-72(77)56-49-42-35-34-38-45-52-65(7)10-3)62-87-91(80,81)85-58-66(73)57-84-90(78,79)86-61-67(59-83-70(75)54-47-40-32-27-24-23-26-30-37-44-51-64(6)9-2)88-71(76)55-48-41-33-28-22-20-18-16-15-17-19-21-25-29-36-43-50-63(4)5/h63-68,73H,8-62H2,1-7H3,(H,78,79)(H,80,81)/t64?,65?,66-,67-,68-/m1/s1. The molecule has 0 amide bonds. The second kappa shape index (κ2) is 62.8. The van der Waals surface area contributed by atoms with E-state index in [9.17, 15) is 43.2 Å². The number of phosphoric acid groups is 2. The van der Waals surface area contributed by atoms with Crippen LogP contribution in [-0.4, -0.2) is 96.7 Å². The Morgan fingerprint density at radius 1 is 0.319 bits per heavy atom. The van der Waals surface area contributed by atoms with Crippen LogP contribution < -0.4 is 0 Å². The number of carbonyl (C=O) groups is 4. The lowest BCUT2D eigenvalue weighted by Crippen LogP contribution is -2.30. The summed E-state index contributed by atoms with van der Waals surface area (Å²) in [6.07, 6.45) is 47.3. The summed E-state index contributed by atoms with van der Waals surface area (Å²) in [7, 11) is -9.90. The Bertz CT molecular complexity index is 1790. The fourth-order valence-electron chi connectivity index (χ4n) is 10.8. The predicted octanol–water partition coefficient (Wildman–Crippen LogP) is 20.6. The molecule has 91 heavy (non-hydrogen) atoms. The van der Waals surface area contributed by atoms with E-state index in [0.717, 1.165) is 114 Å². The fourth-order valence-corrected chi connectivity index (χ4v) is 12.4. The van der Waals surface area contributed by atoms with Gasteiger partial charge in [-0.15, -0.1) is 0 Å². The molecule has 540 valence electrons. The van der Waals surface area contributed by atoms with Crippen LogP contribution in [0, 0.1) is 17.8 Å². The third-order valence-corrected chi connectivity index (χ3v) is 19.3. The highest BCUT2D eigenvalue weighted by Crippen LogP contribution is 2.45. The molecule has 0 aliphatic carbocycles. The molecule has 0 saturated carbocycles. The van der Waals surface area contributed by atoms with Gasteiger partial charge >= 0.3 is 39.5 Å². The maximum absolute atomic E-state index is 13.0. The van der Waals surface area contributed by atoms with Crippen molar-refractivity contribution in [2.45, 2.75) is 381 Å². The summed E-state index contributed by atoms with van der Waals surface area (Å²) in [5.74, 6) is 0.210. The number of ether oxygens (including phenoxy) is 4. The largest absolute Gasteiger partial charge is 0.472 e. The lowest BCUT2D eigenvalue weighted by Gasteiger charge is -2.21. The molecule has 0 aromatic heterocycles. The van der Waals surface area contributed by atoms with E-state index in [2.05, 4.69) is 48.5 Å². The number of phosphoric ester groups is 2. The van der Waals surface area contributed by atoms with Crippen LogP contribution in [0.25, 0.3) is 0 Å². The van der Waals surface area contributed by atoms with E-state index in [0.29, 0.717) is 25.7 Å². The first-order valence-corrected chi connectivity index (χ1v) is 40.4. The second-order valence-corrected chi connectivity index (χ2v) is 29.8. The Morgan fingerprint density at radius 2 is 0.560 bits per heavy atom. The van der Waals surface area contributed by atoms with Gasteiger partial charge in [0.1, 0.15) is 19.3 Å². The molecule has 0 radical (unpaired) electrons. The lowest BCUT2D eigenvalue weighted by molar-refractivity contribution is -0.161. The summed E-state index contributed by atoms with van der Waals surface area (Å²) in [6.45, 7) is 11.8. The van der Waals surface area contributed by atoms with E-state index in [1.54, 1.807) is 0 Å². The van der Waals surface area contributed by atoms with Gasteiger partial charge in [0.05, 0.1) is 26.4 Å². The van der Waals surface area contributed by atoms with Gasteiger partial charge in [-0.2, -0.15) is 0 Å². The third kappa shape index (κ3) is 63.9. The van der Waals surface area contributed by atoms with Crippen LogP contribution in [0.3, 0.4) is 0 Å². The van der Waals surface area contributed by atoms with E-state index in [4.69, 9.17) is 37.0 Å². The zero-order valence-electron chi connectivity index (χ0n) is 59.3. The summed E-state index contributed by atoms with van der Waals surface area (Å²) in [4.78, 5) is 72.5. The molecule has 0 aromatic rings. The number of hydrogen-bond acceptors (Lipinski definition) is 15. The first kappa shape index (κ1) is 89.1. The molecular weight excluding hydrogens is 1200 g/mol. The Labute approximate surface area is 556 Å². The molecule has 17 nitrogen and oxygen atoms in total. The van der Waals surface area contributed by atoms with E-state index < -0.39 is 97.5 Å². The van der Waals surface area contributed by atoms with Gasteiger partial charge in [-0.25, -0.2) is 9.13 Å². The van der Waals surface area contributed by atoms with Crippen molar-refractivity contribution >= 4 is 39.5 Å². The van der Waals surface area contributed by atoms with Gasteiger partial charge in [0.15, 0.2) is 12.2 Å². The van der Waals surface area contributed by atoms with Crippen LogP contribution in [0.5, 0.6) is 0 Å². The predicted molar refractivity (Wildman–Crippen MR) is 368 cm³/mol.